The Balaban J connectivity index is 2.73. The van der Waals surface area contributed by atoms with Gasteiger partial charge in [0.1, 0.15) is 6.04 Å². The molecule has 0 heterocycles. The van der Waals surface area contributed by atoms with Crippen LogP contribution in [0.15, 0.2) is 30.3 Å². The zero-order valence-corrected chi connectivity index (χ0v) is 12.4. The molecule has 1 aromatic carbocycles. The van der Waals surface area contributed by atoms with E-state index in [1.165, 1.54) is 14.2 Å². The SMILES string of the molecule is COC(=O)CC[C@@H](NC(=O)[C@@H](OC)c1ccccc1)C(=O)O. The summed E-state index contributed by atoms with van der Waals surface area (Å²) < 4.78 is 9.58. The second-order valence-corrected chi connectivity index (χ2v) is 4.54. The molecule has 0 aliphatic carbocycles. The first-order valence-corrected chi connectivity index (χ1v) is 6.67. The molecule has 0 bridgehead atoms. The molecule has 0 saturated carbocycles. The molecular weight excluding hydrogens is 290 g/mol. The van der Waals surface area contributed by atoms with Crippen molar-refractivity contribution in [2.75, 3.05) is 14.2 Å². The molecule has 1 amide bonds. The summed E-state index contributed by atoms with van der Waals surface area (Å²) in [6, 6.07) is 7.52. The number of carbonyl (C=O) groups is 3. The maximum absolute atomic E-state index is 12.2. The van der Waals surface area contributed by atoms with Crippen molar-refractivity contribution < 1.29 is 29.0 Å². The number of amides is 1. The van der Waals surface area contributed by atoms with Crippen LogP contribution < -0.4 is 5.32 Å². The second kappa shape index (κ2) is 8.78. The summed E-state index contributed by atoms with van der Waals surface area (Å²) in [7, 11) is 2.58. The van der Waals surface area contributed by atoms with Crippen molar-refractivity contribution >= 4 is 17.8 Å². The molecule has 22 heavy (non-hydrogen) atoms. The van der Waals surface area contributed by atoms with E-state index in [0.717, 1.165) is 0 Å². The highest BCUT2D eigenvalue weighted by atomic mass is 16.5. The molecule has 0 aliphatic heterocycles. The number of benzene rings is 1. The van der Waals surface area contributed by atoms with E-state index in [4.69, 9.17) is 9.84 Å². The fraction of sp³-hybridized carbons (Fsp3) is 0.400. The Hall–Kier alpha value is -2.41. The van der Waals surface area contributed by atoms with Gasteiger partial charge in [0.05, 0.1) is 7.11 Å². The van der Waals surface area contributed by atoms with E-state index in [1.54, 1.807) is 30.3 Å². The normalized spacial score (nSPS) is 13.0. The van der Waals surface area contributed by atoms with Crippen LogP contribution in [0.4, 0.5) is 0 Å². The van der Waals surface area contributed by atoms with Crippen molar-refractivity contribution in [3.8, 4) is 0 Å². The smallest absolute Gasteiger partial charge is 0.326 e. The minimum atomic E-state index is -1.22. The van der Waals surface area contributed by atoms with E-state index in [9.17, 15) is 14.4 Å². The van der Waals surface area contributed by atoms with Crippen molar-refractivity contribution in [2.45, 2.75) is 25.0 Å². The summed E-state index contributed by atoms with van der Waals surface area (Å²) in [6.45, 7) is 0. The van der Waals surface area contributed by atoms with Gasteiger partial charge in [-0.25, -0.2) is 4.79 Å². The lowest BCUT2D eigenvalue weighted by Crippen LogP contribution is -2.43. The van der Waals surface area contributed by atoms with E-state index < -0.39 is 30.0 Å². The number of methoxy groups -OCH3 is 2. The van der Waals surface area contributed by atoms with Crippen LogP contribution in [-0.4, -0.2) is 43.2 Å². The van der Waals surface area contributed by atoms with Crippen molar-refractivity contribution in [1.82, 2.24) is 5.32 Å². The zero-order valence-electron chi connectivity index (χ0n) is 12.4. The highest BCUT2D eigenvalue weighted by Gasteiger charge is 2.26. The largest absolute Gasteiger partial charge is 0.480 e. The standard InChI is InChI=1S/C15H19NO6/c1-21-12(17)9-8-11(15(19)20)16-14(18)13(22-2)10-6-4-3-5-7-10/h3-7,11,13H,8-9H2,1-2H3,(H,16,18)(H,19,20)/t11-,13+/m1/s1. The van der Waals surface area contributed by atoms with Crippen molar-refractivity contribution in [1.29, 1.82) is 0 Å². The Bertz CT molecular complexity index is 516. The van der Waals surface area contributed by atoms with Gasteiger partial charge in [-0.3, -0.25) is 9.59 Å². The predicted molar refractivity (Wildman–Crippen MR) is 77.0 cm³/mol. The number of hydrogen-bond donors (Lipinski definition) is 2. The quantitative estimate of drug-likeness (QED) is 0.692. The van der Waals surface area contributed by atoms with Crippen molar-refractivity contribution in [3.63, 3.8) is 0 Å². The van der Waals surface area contributed by atoms with E-state index in [1.807, 2.05) is 0 Å². The van der Waals surface area contributed by atoms with Crippen molar-refractivity contribution in [3.05, 3.63) is 35.9 Å². The molecule has 0 aromatic heterocycles. The summed E-state index contributed by atoms with van der Waals surface area (Å²) in [4.78, 5) is 34.4. The third-order valence-corrected chi connectivity index (χ3v) is 3.06. The van der Waals surface area contributed by atoms with Gasteiger partial charge in [0.15, 0.2) is 6.10 Å². The topological polar surface area (TPSA) is 102 Å². The number of aliphatic carboxylic acids is 1. The Labute approximate surface area is 128 Å². The Morgan fingerprint density at radius 1 is 1.18 bits per heavy atom. The van der Waals surface area contributed by atoms with Gasteiger partial charge in [0.2, 0.25) is 0 Å². The average molecular weight is 309 g/mol. The maximum Gasteiger partial charge on any atom is 0.326 e. The summed E-state index contributed by atoms with van der Waals surface area (Å²) in [5.74, 6) is -2.34. The highest BCUT2D eigenvalue weighted by molar-refractivity contribution is 5.87. The van der Waals surface area contributed by atoms with Crippen LogP contribution in [0.3, 0.4) is 0 Å². The van der Waals surface area contributed by atoms with Gasteiger partial charge < -0.3 is 19.9 Å². The first kappa shape index (κ1) is 17.6. The molecule has 0 radical (unpaired) electrons. The first-order chi connectivity index (χ1) is 10.5. The molecule has 0 fully saturated rings. The van der Waals surface area contributed by atoms with E-state index in [0.29, 0.717) is 5.56 Å². The maximum atomic E-state index is 12.2. The molecule has 0 spiro atoms. The third kappa shape index (κ3) is 5.17. The van der Waals surface area contributed by atoms with Gasteiger partial charge in [-0.2, -0.15) is 0 Å². The van der Waals surface area contributed by atoms with Crippen LogP contribution in [0.25, 0.3) is 0 Å². The molecule has 120 valence electrons. The molecule has 0 unspecified atom stereocenters. The third-order valence-electron chi connectivity index (χ3n) is 3.06. The Kier molecular flexibility index (Phi) is 7.04. The van der Waals surface area contributed by atoms with Gasteiger partial charge in [0.25, 0.3) is 5.91 Å². The van der Waals surface area contributed by atoms with Crippen LogP contribution in [0.5, 0.6) is 0 Å². The van der Waals surface area contributed by atoms with Crippen LogP contribution in [-0.2, 0) is 23.9 Å². The minimum absolute atomic E-state index is 0.0566. The summed E-state index contributed by atoms with van der Waals surface area (Å²) in [5.41, 5.74) is 0.611. The number of ether oxygens (including phenoxy) is 2. The number of esters is 1. The van der Waals surface area contributed by atoms with Crippen molar-refractivity contribution in [2.24, 2.45) is 0 Å². The summed E-state index contributed by atoms with van der Waals surface area (Å²) in [6.07, 6.45) is -1.07. The molecule has 1 aromatic rings. The number of carbonyl (C=O) groups excluding carboxylic acids is 2. The monoisotopic (exact) mass is 309 g/mol. The summed E-state index contributed by atoms with van der Waals surface area (Å²) in [5, 5.41) is 11.5. The number of carboxylic acid groups (broad SMARTS) is 1. The highest BCUT2D eigenvalue weighted by Crippen LogP contribution is 2.16. The molecular formula is C15H19NO6. The lowest BCUT2D eigenvalue weighted by Gasteiger charge is -2.19. The van der Waals surface area contributed by atoms with Gasteiger partial charge in [0, 0.05) is 13.5 Å². The molecule has 7 heteroatoms. The Morgan fingerprint density at radius 2 is 1.82 bits per heavy atom. The molecule has 0 aliphatic rings. The predicted octanol–water partition coefficient (Wildman–Crippen LogP) is 0.897. The fourth-order valence-electron chi connectivity index (χ4n) is 1.89. The fourth-order valence-corrected chi connectivity index (χ4v) is 1.89. The Morgan fingerprint density at radius 3 is 2.32 bits per heavy atom. The van der Waals surface area contributed by atoms with Gasteiger partial charge in [-0.05, 0) is 12.0 Å². The van der Waals surface area contributed by atoms with Crippen LogP contribution in [0, 0.1) is 0 Å². The van der Waals surface area contributed by atoms with Crippen LogP contribution >= 0.6 is 0 Å². The second-order valence-electron chi connectivity index (χ2n) is 4.54. The molecule has 2 N–H and O–H groups in total. The number of nitrogens with one attached hydrogen (secondary N) is 1. The molecule has 7 nitrogen and oxygen atoms in total. The first-order valence-electron chi connectivity index (χ1n) is 6.67. The lowest BCUT2D eigenvalue weighted by molar-refractivity contribution is -0.145. The van der Waals surface area contributed by atoms with Gasteiger partial charge >= 0.3 is 11.9 Å². The lowest BCUT2D eigenvalue weighted by atomic mass is 10.1. The molecule has 0 saturated heterocycles. The van der Waals surface area contributed by atoms with Crippen LogP contribution in [0.2, 0.25) is 0 Å². The number of rotatable bonds is 8. The molecule has 2 atom stereocenters. The van der Waals surface area contributed by atoms with Gasteiger partial charge in [-0.15, -0.1) is 0 Å². The minimum Gasteiger partial charge on any atom is -0.480 e. The summed E-state index contributed by atoms with van der Waals surface area (Å²) >= 11 is 0. The number of hydrogen-bond acceptors (Lipinski definition) is 5. The van der Waals surface area contributed by atoms with E-state index in [2.05, 4.69) is 10.1 Å². The number of carboxylic acids is 1. The average Bonchev–Trinajstić information content (AvgIpc) is 2.52. The zero-order chi connectivity index (χ0) is 16.5. The van der Waals surface area contributed by atoms with E-state index in [-0.39, 0.29) is 12.8 Å². The molecule has 1 rings (SSSR count). The van der Waals surface area contributed by atoms with E-state index >= 15 is 0 Å². The van der Waals surface area contributed by atoms with Gasteiger partial charge in [-0.1, -0.05) is 30.3 Å². The van der Waals surface area contributed by atoms with Crippen LogP contribution in [0.1, 0.15) is 24.5 Å².